The van der Waals surface area contributed by atoms with E-state index in [0.29, 0.717) is 17.1 Å². The lowest BCUT2D eigenvalue weighted by Crippen LogP contribution is -2.15. The number of thiazole rings is 1. The fourth-order valence-electron chi connectivity index (χ4n) is 2.11. The normalized spacial score (nSPS) is 11.5. The molecule has 1 aromatic carbocycles. The van der Waals surface area contributed by atoms with Gasteiger partial charge in [0.1, 0.15) is 0 Å². The molecule has 0 unspecified atom stereocenters. The maximum atomic E-state index is 12.1. The molecule has 0 radical (unpaired) electrons. The maximum absolute atomic E-state index is 12.1. The van der Waals surface area contributed by atoms with Crippen LogP contribution in [0.5, 0.6) is 0 Å². The number of sulfonamides is 1. The van der Waals surface area contributed by atoms with Gasteiger partial charge in [0, 0.05) is 23.5 Å². The van der Waals surface area contributed by atoms with Crippen LogP contribution in [-0.2, 0) is 21.2 Å². The predicted molar refractivity (Wildman–Crippen MR) is 90.3 cm³/mol. The number of nitrogens with zero attached hydrogens (tertiary/aromatic N) is 2. The van der Waals surface area contributed by atoms with E-state index in [2.05, 4.69) is 15.0 Å². The van der Waals surface area contributed by atoms with E-state index < -0.39 is 10.0 Å². The summed E-state index contributed by atoms with van der Waals surface area (Å²) in [6.07, 6.45) is 4.92. The predicted octanol–water partition coefficient (Wildman–Crippen LogP) is 1.95. The lowest BCUT2D eigenvalue weighted by atomic mass is 10.2. The Hall–Kier alpha value is -2.39. The summed E-state index contributed by atoms with van der Waals surface area (Å²) in [5.41, 5.74) is 1.59. The molecule has 0 bridgehead atoms. The highest BCUT2D eigenvalue weighted by Crippen LogP contribution is 2.17. The summed E-state index contributed by atoms with van der Waals surface area (Å²) in [6.45, 7) is 0. The highest BCUT2D eigenvalue weighted by Gasteiger charge is 2.09. The molecule has 0 saturated heterocycles. The molecule has 9 heteroatoms. The number of aromatic nitrogens is 2. The first-order chi connectivity index (χ1) is 10.9. The number of anilines is 2. The van der Waals surface area contributed by atoms with Crippen molar-refractivity contribution in [3.8, 4) is 0 Å². The third-order valence-corrected chi connectivity index (χ3v) is 4.31. The molecule has 0 aliphatic carbocycles. The fourth-order valence-corrected chi connectivity index (χ4v) is 3.38. The van der Waals surface area contributed by atoms with Crippen LogP contribution in [0, 0.1) is 0 Å². The van der Waals surface area contributed by atoms with Gasteiger partial charge < -0.3 is 5.32 Å². The van der Waals surface area contributed by atoms with Crippen LogP contribution in [-0.4, -0.2) is 30.0 Å². The maximum Gasteiger partial charge on any atom is 0.230 e. The molecule has 120 valence electrons. The molecule has 3 aromatic rings. The first-order valence-electron chi connectivity index (χ1n) is 6.68. The Morgan fingerprint density at radius 3 is 2.87 bits per heavy atom. The van der Waals surface area contributed by atoms with Gasteiger partial charge in [-0.25, -0.2) is 13.4 Å². The average molecular weight is 350 g/mol. The van der Waals surface area contributed by atoms with Crippen LogP contribution in [0.2, 0.25) is 0 Å². The van der Waals surface area contributed by atoms with Crippen LogP contribution < -0.4 is 10.0 Å². The van der Waals surface area contributed by atoms with Crippen molar-refractivity contribution in [2.24, 2.45) is 0 Å². The summed E-state index contributed by atoms with van der Waals surface area (Å²) in [6, 6.07) is 6.53. The molecule has 0 fully saturated rings. The van der Waals surface area contributed by atoms with E-state index in [0.717, 1.165) is 11.2 Å². The van der Waals surface area contributed by atoms with E-state index in [-0.39, 0.29) is 12.3 Å². The Kier molecular flexibility index (Phi) is 4.05. The van der Waals surface area contributed by atoms with Crippen LogP contribution in [0.3, 0.4) is 0 Å². The molecule has 0 spiro atoms. The summed E-state index contributed by atoms with van der Waals surface area (Å²) in [7, 11) is -3.35. The zero-order chi connectivity index (χ0) is 16.4. The number of carbonyl (C=O) groups is 1. The summed E-state index contributed by atoms with van der Waals surface area (Å²) in [5, 5.41) is 4.66. The molecule has 2 heterocycles. The van der Waals surface area contributed by atoms with Gasteiger partial charge >= 0.3 is 0 Å². The van der Waals surface area contributed by atoms with Crippen molar-refractivity contribution in [3.63, 3.8) is 0 Å². The molecule has 2 N–H and O–H groups in total. The molecule has 0 saturated carbocycles. The Balaban J connectivity index is 1.67. The molecular formula is C14H14N4O3S2. The number of hydrogen-bond donors (Lipinski definition) is 2. The summed E-state index contributed by atoms with van der Waals surface area (Å²) < 4.78 is 26.7. The molecule has 1 amide bonds. The number of carbonyl (C=O) groups excluding carboxylic acids is 1. The third kappa shape index (κ3) is 4.08. The van der Waals surface area contributed by atoms with Crippen molar-refractivity contribution in [3.05, 3.63) is 47.7 Å². The zero-order valence-corrected chi connectivity index (χ0v) is 13.8. The smallest absolute Gasteiger partial charge is 0.230 e. The minimum absolute atomic E-state index is 0.151. The Morgan fingerprint density at radius 1 is 1.35 bits per heavy atom. The highest BCUT2D eigenvalue weighted by molar-refractivity contribution is 7.92. The van der Waals surface area contributed by atoms with Crippen molar-refractivity contribution in [1.82, 2.24) is 9.38 Å². The van der Waals surface area contributed by atoms with E-state index in [9.17, 15) is 13.2 Å². The van der Waals surface area contributed by atoms with Gasteiger partial charge in [0.25, 0.3) is 0 Å². The molecule has 0 aliphatic heterocycles. The van der Waals surface area contributed by atoms with E-state index in [1.54, 1.807) is 24.3 Å². The number of imidazole rings is 1. The van der Waals surface area contributed by atoms with Gasteiger partial charge in [-0.3, -0.25) is 13.9 Å². The quantitative estimate of drug-likeness (QED) is 0.735. The molecule has 23 heavy (non-hydrogen) atoms. The Bertz CT molecular complexity index is 931. The van der Waals surface area contributed by atoms with E-state index in [1.807, 2.05) is 22.2 Å². The van der Waals surface area contributed by atoms with E-state index in [4.69, 9.17) is 0 Å². The van der Waals surface area contributed by atoms with Crippen molar-refractivity contribution in [2.75, 3.05) is 16.3 Å². The van der Waals surface area contributed by atoms with Crippen molar-refractivity contribution < 1.29 is 13.2 Å². The minimum atomic E-state index is -3.35. The number of rotatable bonds is 5. The largest absolute Gasteiger partial charge is 0.326 e. The van der Waals surface area contributed by atoms with Gasteiger partial charge in [0.15, 0.2) is 4.96 Å². The molecule has 0 aliphatic rings. The number of nitrogens with one attached hydrogen (secondary N) is 2. The van der Waals surface area contributed by atoms with Gasteiger partial charge in [-0.1, -0.05) is 6.07 Å². The number of hydrogen-bond acceptors (Lipinski definition) is 5. The van der Waals surface area contributed by atoms with E-state index in [1.165, 1.54) is 11.3 Å². The van der Waals surface area contributed by atoms with Gasteiger partial charge in [-0.2, -0.15) is 0 Å². The Morgan fingerprint density at radius 2 is 2.13 bits per heavy atom. The minimum Gasteiger partial charge on any atom is -0.326 e. The summed E-state index contributed by atoms with van der Waals surface area (Å²) >= 11 is 1.50. The SMILES string of the molecule is CS(=O)(=O)Nc1cccc(NC(=O)Cc2cn3ccsc3n2)c1. The zero-order valence-electron chi connectivity index (χ0n) is 12.2. The topological polar surface area (TPSA) is 92.6 Å². The average Bonchev–Trinajstić information content (AvgIpc) is 2.97. The van der Waals surface area contributed by atoms with Crippen LogP contribution in [0.1, 0.15) is 5.69 Å². The monoisotopic (exact) mass is 350 g/mol. The molecule has 7 nitrogen and oxygen atoms in total. The number of fused-ring (bicyclic) bond motifs is 1. The van der Waals surface area contributed by atoms with Crippen LogP contribution in [0.4, 0.5) is 11.4 Å². The van der Waals surface area contributed by atoms with Crippen molar-refractivity contribution in [1.29, 1.82) is 0 Å². The molecule has 2 aromatic heterocycles. The van der Waals surface area contributed by atoms with Crippen LogP contribution >= 0.6 is 11.3 Å². The lowest BCUT2D eigenvalue weighted by Gasteiger charge is -2.07. The van der Waals surface area contributed by atoms with Crippen molar-refractivity contribution in [2.45, 2.75) is 6.42 Å². The summed E-state index contributed by atoms with van der Waals surface area (Å²) in [5.74, 6) is -0.216. The third-order valence-electron chi connectivity index (χ3n) is 2.93. The van der Waals surface area contributed by atoms with E-state index >= 15 is 0 Å². The second-order valence-corrected chi connectivity index (χ2v) is 7.63. The second kappa shape index (κ2) is 6.01. The Labute approximate surface area is 137 Å². The van der Waals surface area contributed by atoms with Crippen molar-refractivity contribution >= 4 is 43.6 Å². The second-order valence-electron chi connectivity index (χ2n) is 5.01. The molecular weight excluding hydrogens is 336 g/mol. The summed E-state index contributed by atoms with van der Waals surface area (Å²) in [4.78, 5) is 17.3. The lowest BCUT2D eigenvalue weighted by molar-refractivity contribution is -0.115. The molecule has 3 rings (SSSR count). The first-order valence-corrected chi connectivity index (χ1v) is 9.45. The van der Waals surface area contributed by atoms with Gasteiger partial charge in [0.2, 0.25) is 15.9 Å². The van der Waals surface area contributed by atoms with Crippen LogP contribution in [0.25, 0.3) is 4.96 Å². The van der Waals surface area contributed by atoms with Gasteiger partial charge in [-0.05, 0) is 18.2 Å². The number of amides is 1. The van der Waals surface area contributed by atoms with Gasteiger partial charge in [-0.15, -0.1) is 11.3 Å². The molecule has 0 atom stereocenters. The fraction of sp³-hybridized carbons (Fsp3) is 0.143. The first kappa shape index (κ1) is 15.5. The van der Waals surface area contributed by atoms with Crippen LogP contribution in [0.15, 0.2) is 42.0 Å². The van der Waals surface area contributed by atoms with Gasteiger partial charge in [0.05, 0.1) is 24.1 Å². The highest BCUT2D eigenvalue weighted by atomic mass is 32.2. The number of benzene rings is 1. The standard InChI is InChI=1S/C14H14N4O3S2/c1-23(20,21)17-11-4-2-3-10(7-11)15-13(19)8-12-9-18-5-6-22-14(18)16-12/h2-7,9,17H,8H2,1H3,(H,15,19).